The molecule has 0 radical (unpaired) electrons. The number of aromatic nitrogens is 1. The number of sulfone groups is 1. The molecule has 0 bridgehead atoms. The van der Waals surface area contributed by atoms with Gasteiger partial charge in [0.25, 0.3) is 0 Å². The van der Waals surface area contributed by atoms with Gasteiger partial charge in [0.2, 0.25) is 9.84 Å². The van der Waals surface area contributed by atoms with Crippen LogP contribution in [-0.2, 0) is 9.84 Å². The summed E-state index contributed by atoms with van der Waals surface area (Å²) in [4.78, 5) is 4.80. The Bertz CT molecular complexity index is 1170. The van der Waals surface area contributed by atoms with Crippen LogP contribution < -0.4 is 10.1 Å². The van der Waals surface area contributed by atoms with E-state index in [0.717, 1.165) is 34.5 Å². The minimum atomic E-state index is -3.80. The van der Waals surface area contributed by atoms with Gasteiger partial charge < -0.3 is 15.2 Å². The predicted octanol–water partition coefficient (Wildman–Crippen LogP) is 5.04. The molecule has 7 heteroatoms. The van der Waals surface area contributed by atoms with Crippen LogP contribution in [0.2, 0.25) is 0 Å². The minimum Gasteiger partial charge on any atom is -0.494 e. The van der Waals surface area contributed by atoms with Crippen molar-refractivity contribution in [1.29, 1.82) is 0 Å². The predicted molar refractivity (Wildman–Crippen MR) is 127 cm³/mol. The van der Waals surface area contributed by atoms with E-state index in [1.807, 2.05) is 27.7 Å². The van der Waals surface area contributed by atoms with Gasteiger partial charge in [-0.25, -0.2) is 13.4 Å². The third-order valence-electron chi connectivity index (χ3n) is 5.16. The number of anilines is 2. The van der Waals surface area contributed by atoms with Crippen molar-refractivity contribution >= 4 is 21.3 Å². The quantitative estimate of drug-likeness (QED) is 0.440. The summed E-state index contributed by atoms with van der Waals surface area (Å²) in [5, 5.41) is 12.1. The summed E-state index contributed by atoms with van der Waals surface area (Å²) >= 11 is 0. The minimum absolute atomic E-state index is 0.124. The van der Waals surface area contributed by atoms with E-state index in [1.165, 1.54) is 0 Å². The molecule has 32 heavy (non-hydrogen) atoms. The number of aryl methyl sites for hydroxylation is 4. The fourth-order valence-corrected chi connectivity index (χ4v) is 4.94. The van der Waals surface area contributed by atoms with Gasteiger partial charge >= 0.3 is 0 Å². The number of benzene rings is 2. The Hall–Kier alpha value is -2.90. The molecule has 0 saturated carbocycles. The molecule has 170 valence electrons. The molecule has 2 aromatic carbocycles. The maximum atomic E-state index is 13.4. The van der Waals surface area contributed by atoms with Gasteiger partial charge in [0, 0.05) is 18.0 Å². The number of rotatable bonds is 9. The first-order chi connectivity index (χ1) is 15.2. The van der Waals surface area contributed by atoms with Gasteiger partial charge in [-0.1, -0.05) is 17.7 Å². The van der Waals surface area contributed by atoms with Crippen LogP contribution in [0.1, 0.15) is 35.2 Å². The average Bonchev–Trinajstić information content (AvgIpc) is 2.74. The highest BCUT2D eigenvalue weighted by molar-refractivity contribution is 7.91. The molecule has 0 saturated heterocycles. The molecule has 0 spiro atoms. The third-order valence-corrected chi connectivity index (χ3v) is 6.96. The van der Waals surface area contributed by atoms with Gasteiger partial charge in [-0.15, -0.1) is 0 Å². The van der Waals surface area contributed by atoms with E-state index in [2.05, 4.69) is 22.4 Å². The zero-order valence-electron chi connectivity index (χ0n) is 19.0. The number of hydrogen-bond acceptors (Lipinski definition) is 6. The maximum absolute atomic E-state index is 13.4. The number of nitrogens with one attached hydrogen (secondary N) is 1. The van der Waals surface area contributed by atoms with Gasteiger partial charge in [0.15, 0.2) is 0 Å². The molecular formula is C25H30N2O4S. The number of pyridine rings is 1. The van der Waals surface area contributed by atoms with Gasteiger partial charge in [0.1, 0.15) is 16.5 Å². The van der Waals surface area contributed by atoms with Crippen LogP contribution in [0.25, 0.3) is 0 Å². The summed E-state index contributed by atoms with van der Waals surface area (Å²) in [5.41, 5.74) is 4.78. The van der Waals surface area contributed by atoms with E-state index in [1.54, 1.807) is 36.4 Å². The van der Waals surface area contributed by atoms with E-state index in [4.69, 9.17) is 9.84 Å². The second kappa shape index (κ2) is 10.1. The first-order valence-corrected chi connectivity index (χ1v) is 12.1. The SMILES string of the molecule is Cc1cc(C)c(Nc2nc(C)ccc2S(=O)(=O)c2ccc(OCCCCO)cc2)c(C)c1. The van der Waals surface area contributed by atoms with Crippen molar-refractivity contribution in [2.75, 3.05) is 18.5 Å². The fraction of sp³-hybridized carbons (Fsp3) is 0.320. The molecule has 6 nitrogen and oxygen atoms in total. The molecule has 3 rings (SSSR count). The van der Waals surface area contributed by atoms with E-state index in [9.17, 15) is 8.42 Å². The normalized spacial score (nSPS) is 11.4. The van der Waals surface area contributed by atoms with Gasteiger partial charge in [-0.2, -0.15) is 0 Å². The van der Waals surface area contributed by atoms with E-state index >= 15 is 0 Å². The zero-order chi connectivity index (χ0) is 23.3. The van der Waals surface area contributed by atoms with Crippen molar-refractivity contribution in [3.05, 3.63) is 70.9 Å². The van der Waals surface area contributed by atoms with Crippen LogP contribution in [0.5, 0.6) is 5.75 Å². The molecule has 1 aromatic heterocycles. The molecule has 3 aromatic rings. The fourth-order valence-electron chi connectivity index (χ4n) is 3.59. The molecule has 0 aliphatic carbocycles. The van der Waals surface area contributed by atoms with Gasteiger partial charge in [-0.05, 0) is 88.1 Å². The van der Waals surface area contributed by atoms with Crippen molar-refractivity contribution in [1.82, 2.24) is 4.98 Å². The molecule has 0 unspecified atom stereocenters. The highest BCUT2D eigenvalue weighted by atomic mass is 32.2. The van der Waals surface area contributed by atoms with E-state index in [0.29, 0.717) is 24.6 Å². The summed E-state index contributed by atoms with van der Waals surface area (Å²) in [5.74, 6) is 0.901. The van der Waals surface area contributed by atoms with E-state index < -0.39 is 9.84 Å². The molecule has 0 aliphatic rings. The average molecular weight is 455 g/mol. The second-order valence-electron chi connectivity index (χ2n) is 7.95. The monoisotopic (exact) mass is 454 g/mol. The summed E-state index contributed by atoms with van der Waals surface area (Å²) in [6.07, 6.45) is 1.40. The Kier molecular flexibility index (Phi) is 7.53. The molecule has 0 fully saturated rings. The standard InChI is InChI=1S/C25H30N2O4S/c1-17-15-18(2)24(19(3)16-17)27-25-23(12-7-20(4)26-25)32(29,30)22-10-8-21(9-11-22)31-14-6-5-13-28/h7-12,15-16,28H,5-6,13-14H2,1-4H3,(H,26,27). The molecule has 2 N–H and O–H groups in total. The molecular weight excluding hydrogens is 424 g/mol. The first-order valence-electron chi connectivity index (χ1n) is 10.6. The van der Waals surface area contributed by atoms with Crippen molar-refractivity contribution < 1.29 is 18.3 Å². The smallest absolute Gasteiger partial charge is 0.210 e. The lowest BCUT2D eigenvalue weighted by Gasteiger charge is -2.17. The number of hydrogen-bond donors (Lipinski definition) is 2. The van der Waals surface area contributed by atoms with Crippen molar-refractivity contribution in [2.45, 2.75) is 50.3 Å². The Morgan fingerprint density at radius 3 is 2.22 bits per heavy atom. The van der Waals surface area contributed by atoms with Crippen molar-refractivity contribution in [3.8, 4) is 5.75 Å². The third kappa shape index (κ3) is 5.47. The highest BCUT2D eigenvalue weighted by Gasteiger charge is 2.23. The number of unbranched alkanes of at least 4 members (excludes halogenated alkanes) is 1. The van der Waals surface area contributed by atoms with Crippen LogP contribution in [0.4, 0.5) is 11.5 Å². The summed E-state index contributed by atoms with van der Waals surface area (Å²) < 4.78 is 32.5. The van der Waals surface area contributed by atoms with Gasteiger partial charge in [0.05, 0.1) is 11.5 Å². The lowest BCUT2D eigenvalue weighted by molar-refractivity contribution is 0.253. The van der Waals surface area contributed by atoms with E-state index in [-0.39, 0.29) is 16.4 Å². The highest BCUT2D eigenvalue weighted by Crippen LogP contribution is 2.32. The number of ether oxygens (including phenoxy) is 1. The number of aliphatic hydroxyl groups is 1. The summed E-state index contributed by atoms with van der Waals surface area (Å²) in [7, 11) is -3.80. The molecule has 0 amide bonds. The van der Waals surface area contributed by atoms with Crippen LogP contribution in [0.15, 0.2) is 58.3 Å². The summed E-state index contributed by atoms with van der Waals surface area (Å²) in [6.45, 7) is 8.45. The topological polar surface area (TPSA) is 88.5 Å². The van der Waals surface area contributed by atoms with Gasteiger partial charge in [-0.3, -0.25) is 0 Å². The lowest BCUT2D eigenvalue weighted by atomic mass is 10.1. The Morgan fingerprint density at radius 1 is 0.938 bits per heavy atom. The largest absolute Gasteiger partial charge is 0.494 e. The Labute approximate surface area is 190 Å². The van der Waals surface area contributed by atoms with Crippen LogP contribution in [-0.4, -0.2) is 31.7 Å². The molecule has 0 aliphatic heterocycles. The van der Waals surface area contributed by atoms with Crippen molar-refractivity contribution in [3.63, 3.8) is 0 Å². The molecule has 1 heterocycles. The maximum Gasteiger partial charge on any atom is 0.210 e. The lowest BCUT2D eigenvalue weighted by Crippen LogP contribution is -2.09. The van der Waals surface area contributed by atoms with Crippen LogP contribution in [0, 0.1) is 27.7 Å². The number of nitrogens with zero attached hydrogens (tertiary/aromatic N) is 1. The number of aliphatic hydroxyl groups excluding tert-OH is 1. The second-order valence-corrected chi connectivity index (χ2v) is 9.87. The Morgan fingerprint density at radius 2 is 1.59 bits per heavy atom. The first kappa shape index (κ1) is 23.8. The summed E-state index contributed by atoms with van der Waals surface area (Å²) in [6, 6.07) is 13.8. The van der Waals surface area contributed by atoms with Crippen molar-refractivity contribution in [2.24, 2.45) is 0 Å². The van der Waals surface area contributed by atoms with Crippen LogP contribution >= 0.6 is 0 Å². The Balaban J connectivity index is 1.92. The van der Waals surface area contributed by atoms with Crippen LogP contribution in [0.3, 0.4) is 0 Å². The zero-order valence-corrected chi connectivity index (χ0v) is 19.8. The molecule has 0 atom stereocenters.